The predicted octanol–water partition coefficient (Wildman–Crippen LogP) is 3.61. The third kappa shape index (κ3) is 2.62. The first-order valence-electron chi connectivity index (χ1n) is 6.75. The molecule has 0 saturated heterocycles. The maximum atomic E-state index is 13.4. The van der Waals surface area contributed by atoms with E-state index in [1.807, 2.05) is 0 Å². The van der Waals surface area contributed by atoms with Crippen molar-refractivity contribution in [1.82, 2.24) is 0 Å². The van der Waals surface area contributed by atoms with Crippen LogP contribution in [0, 0.1) is 11.6 Å². The summed E-state index contributed by atoms with van der Waals surface area (Å²) in [6, 6.07) is 7.99. The van der Waals surface area contributed by atoms with Gasteiger partial charge in [-0.25, -0.2) is 8.78 Å². The normalized spacial score (nSPS) is 16.5. The van der Waals surface area contributed by atoms with Crippen molar-refractivity contribution in [1.29, 1.82) is 0 Å². The minimum atomic E-state index is -0.674. The molecular weight excluding hydrogens is 290 g/mol. The molecule has 112 valence electrons. The van der Waals surface area contributed by atoms with Crippen LogP contribution >= 0.6 is 0 Å². The summed E-state index contributed by atoms with van der Waals surface area (Å²) in [6.45, 7) is 1.27. The van der Waals surface area contributed by atoms with Gasteiger partial charge in [-0.05, 0) is 35.4 Å². The topological polar surface area (TPSA) is 43.4 Å². The quantitative estimate of drug-likeness (QED) is 0.629. The van der Waals surface area contributed by atoms with Gasteiger partial charge in [-0.2, -0.15) is 0 Å². The largest absolute Gasteiger partial charge is 0.427 e. The van der Waals surface area contributed by atoms with Crippen LogP contribution in [0.1, 0.15) is 40.7 Å². The third-order valence-electron chi connectivity index (χ3n) is 3.64. The first-order chi connectivity index (χ1) is 10.4. The zero-order chi connectivity index (χ0) is 15.9. The Kier molecular flexibility index (Phi) is 3.48. The number of ketones is 1. The molecule has 1 aliphatic carbocycles. The highest BCUT2D eigenvalue weighted by molar-refractivity contribution is 6.02. The van der Waals surface area contributed by atoms with Gasteiger partial charge in [0.15, 0.2) is 5.78 Å². The molecule has 3 rings (SSSR count). The summed E-state index contributed by atoms with van der Waals surface area (Å²) >= 11 is 0. The summed E-state index contributed by atoms with van der Waals surface area (Å²) in [4.78, 5) is 23.1. The first kappa shape index (κ1) is 14.4. The molecule has 1 unspecified atom stereocenters. The lowest BCUT2D eigenvalue weighted by Crippen LogP contribution is -2.02. The number of carbonyl (C=O) groups is 2. The van der Waals surface area contributed by atoms with Gasteiger partial charge in [0.1, 0.15) is 17.4 Å². The number of hydrogen-bond donors (Lipinski definition) is 0. The highest BCUT2D eigenvalue weighted by Gasteiger charge is 2.31. The fourth-order valence-electron chi connectivity index (χ4n) is 2.79. The smallest absolute Gasteiger partial charge is 0.308 e. The molecule has 0 spiro atoms. The van der Waals surface area contributed by atoms with E-state index in [4.69, 9.17) is 4.74 Å². The molecule has 0 N–H and O–H groups in total. The van der Waals surface area contributed by atoms with E-state index < -0.39 is 17.6 Å². The summed E-state index contributed by atoms with van der Waals surface area (Å²) in [5.41, 5.74) is 1.53. The second kappa shape index (κ2) is 5.33. The van der Waals surface area contributed by atoms with Gasteiger partial charge in [0.25, 0.3) is 0 Å². The summed E-state index contributed by atoms with van der Waals surface area (Å²) in [6.07, 6.45) is 0.141. The van der Waals surface area contributed by atoms with Crippen molar-refractivity contribution in [2.24, 2.45) is 0 Å². The molecule has 22 heavy (non-hydrogen) atoms. The Balaban J connectivity index is 2.02. The zero-order valence-electron chi connectivity index (χ0n) is 11.7. The molecule has 0 amide bonds. The molecule has 0 aromatic heterocycles. The van der Waals surface area contributed by atoms with E-state index >= 15 is 0 Å². The zero-order valence-corrected chi connectivity index (χ0v) is 11.7. The molecule has 0 aliphatic heterocycles. The number of fused-ring (bicyclic) bond motifs is 1. The fourth-order valence-corrected chi connectivity index (χ4v) is 2.79. The Morgan fingerprint density at radius 1 is 1.14 bits per heavy atom. The van der Waals surface area contributed by atoms with Crippen molar-refractivity contribution >= 4 is 11.8 Å². The predicted molar refractivity (Wildman–Crippen MR) is 74.9 cm³/mol. The van der Waals surface area contributed by atoms with Crippen LogP contribution in [0.2, 0.25) is 0 Å². The molecule has 1 atom stereocenters. The highest BCUT2D eigenvalue weighted by atomic mass is 19.1. The molecule has 0 bridgehead atoms. The van der Waals surface area contributed by atoms with Gasteiger partial charge in [-0.1, -0.05) is 6.07 Å². The maximum absolute atomic E-state index is 13.4. The van der Waals surface area contributed by atoms with E-state index in [2.05, 4.69) is 0 Å². The second-order valence-corrected chi connectivity index (χ2v) is 5.23. The summed E-state index contributed by atoms with van der Waals surface area (Å²) < 4.78 is 31.7. The van der Waals surface area contributed by atoms with Crippen LogP contribution < -0.4 is 4.74 Å². The number of halogens is 2. The SMILES string of the molecule is CC(=O)Oc1ccc2c(c1)C(=O)CC2c1cc(F)cc(F)c1. The van der Waals surface area contributed by atoms with Crippen molar-refractivity contribution in [3.63, 3.8) is 0 Å². The van der Waals surface area contributed by atoms with Crippen LogP contribution in [-0.2, 0) is 4.79 Å². The Bertz CT molecular complexity index is 763. The van der Waals surface area contributed by atoms with Gasteiger partial charge >= 0.3 is 5.97 Å². The van der Waals surface area contributed by atoms with Crippen LogP contribution in [0.3, 0.4) is 0 Å². The fraction of sp³-hybridized carbons (Fsp3) is 0.176. The minimum absolute atomic E-state index is 0.140. The Labute approximate surface area is 125 Å². The van der Waals surface area contributed by atoms with Gasteiger partial charge in [0, 0.05) is 30.9 Å². The van der Waals surface area contributed by atoms with Crippen molar-refractivity contribution < 1.29 is 23.1 Å². The molecular formula is C17H12F2O3. The summed E-state index contributed by atoms with van der Waals surface area (Å²) in [5, 5.41) is 0. The number of carbonyl (C=O) groups excluding carboxylic acids is 2. The molecule has 0 saturated carbocycles. The van der Waals surface area contributed by atoms with Crippen LogP contribution in [-0.4, -0.2) is 11.8 Å². The highest BCUT2D eigenvalue weighted by Crippen LogP contribution is 2.39. The second-order valence-electron chi connectivity index (χ2n) is 5.23. The number of benzene rings is 2. The molecule has 1 aliphatic rings. The monoisotopic (exact) mass is 302 g/mol. The number of ether oxygens (including phenoxy) is 1. The van der Waals surface area contributed by atoms with E-state index in [9.17, 15) is 18.4 Å². The summed E-state index contributed by atoms with van der Waals surface area (Å²) in [7, 11) is 0. The Morgan fingerprint density at radius 2 is 1.82 bits per heavy atom. The maximum Gasteiger partial charge on any atom is 0.308 e. The number of esters is 1. The number of hydrogen-bond acceptors (Lipinski definition) is 3. The lowest BCUT2D eigenvalue weighted by molar-refractivity contribution is -0.131. The van der Waals surface area contributed by atoms with Crippen molar-refractivity contribution in [2.75, 3.05) is 0 Å². The molecule has 0 radical (unpaired) electrons. The lowest BCUT2D eigenvalue weighted by Gasteiger charge is -2.12. The Morgan fingerprint density at radius 3 is 2.45 bits per heavy atom. The molecule has 0 fully saturated rings. The van der Waals surface area contributed by atoms with E-state index in [1.54, 1.807) is 12.1 Å². The van der Waals surface area contributed by atoms with Crippen molar-refractivity contribution in [3.05, 3.63) is 64.7 Å². The molecule has 2 aromatic rings. The lowest BCUT2D eigenvalue weighted by atomic mass is 9.93. The Hall–Kier alpha value is -2.56. The van der Waals surface area contributed by atoms with E-state index in [0.717, 1.165) is 6.07 Å². The standard InChI is InChI=1S/C17H12F2O3/c1-9(20)22-13-2-3-14-15(8-17(21)16(14)7-13)10-4-11(18)6-12(19)5-10/h2-7,15H,8H2,1H3. The molecule has 2 aromatic carbocycles. The number of Topliss-reactive ketones (excluding diaryl/α,β-unsaturated/α-hetero) is 1. The van der Waals surface area contributed by atoms with Gasteiger partial charge in [-0.15, -0.1) is 0 Å². The average Bonchev–Trinajstić information content (AvgIpc) is 2.74. The minimum Gasteiger partial charge on any atom is -0.427 e. The van der Waals surface area contributed by atoms with E-state index in [1.165, 1.54) is 25.1 Å². The van der Waals surface area contributed by atoms with Crippen LogP contribution in [0.15, 0.2) is 36.4 Å². The molecule has 3 nitrogen and oxygen atoms in total. The third-order valence-corrected chi connectivity index (χ3v) is 3.64. The van der Waals surface area contributed by atoms with E-state index in [0.29, 0.717) is 16.7 Å². The first-order valence-corrected chi connectivity index (χ1v) is 6.75. The van der Waals surface area contributed by atoms with Crippen LogP contribution in [0.4, 0.5) is 8.78 Å². The summed E-state index contributed by atoms with van der Waals surface area (Å²) in [5.74, 6) is -2.07. The van der Waals surface area contributed by atoms with Gasteiger partial charge in [0.2, 0.25) is 0 Å². The molecule has 0 heterocycles. The molecule has 5 heteroatoms. The van der Waals surface area contributed by atoms with Gasteiger partial charge in [0.05, 0.1) is 0 Å². The van der Waals surface area contributed by atoms with E-state index in [-0.39, 0.29) is 23.9 Å². The van der Waals surface area contributed by atoms with Crippen LogP contribution in [0.5, 0.6) is 5.75 Å². The van der Waals surface area contributed by atoms with Gasteiger partial charge in [-0.3, -0.25) is 9.59 Å². The number of rotatable bonds is 2. The van der Waals surface area contributed by atoms with Crippen molar-refractivity contribution in [2.45, 2.75) is 19.3 Å². The van der Waals surface area contributed by atoms with Crippen LogP contribution in [0.25, 0.3) is 0 Å². The van der Waals surface area contributed by atoms with Crippen molar-refractivity contribution in [3.8, 4) is 5.75 Å². The average molecular weight is 302 g/mol. The van der Waals surface area contributed by atoms with Gasteiger partial charge < -0.3 is 4.74 Å².